The summed E-state index contributed by atoms with van der Waals surface area (Å²) in [7, 11) is 1.92. The first-order valence-corrected chi connectivity index (χ1v) is 4.17. The van der Waals surface area contributed by atoms with Gasteiger partial charge in [-0.25, -0.2) is 0 Å². The highest BCUT2D eigenvalue weighted by molar-refractivity contribution is 5.85. The second kappa shape index (κ2) is 6.75. The van der Waals surface area contributed by atoms with Crippen LogP contribution >= 0.6 is 12.4 Å². The quantitative estimate of drug-likeness (QED) is 0.753. The van der Waals surface area contributed by atoms with Crippen LogP contribution in [0.4, 0.5) is 0 Å². The van der Waals surface area contributed by atoms with Gasteiger partial charge >= 0.3 is 0 Å². The van der Waals surface area contributed by atoms with Gasteiger partial charge in [0.15, 0.2) is 0 Å². The van der Waals surface area contributed by atoms with E-state index in [9.17, 15) is 0 Å². The molecule has 0 bridgehead atoms. The van der Waals surface area contributed by atoms with Gasteiger partial charge in [0.2, 0.25) is 0 Å². The lowest BCUT2D eigenvalue weighted by Gasteiger charge is -2.05. The number of hydrogen-bond donors (Lipinski definition) is 1. The molecule has 74 valence electrons. The molecule has 0 atom stereocenters. The smallest absolute Gasteiger partial charge is 0.119 e. The summed E-state index contributed by atoms with van der Waals surface area (Å²) in [6, 6.07) is 8.08. The molecule has 0 aliphatic carbocycles. The monoisotopic (exact) mass is 201 g/mol. The van der Waals surface area contributed by atoms with Crippen molar-refractivity contribution in [2.75, 3.05) is 20.2 Å². The van der Waals surface area contributed by atoms with Crippen LogP contribution < -0.4 is 10.1 Å². The summed E-state index contributed by atoms with van der Waals surface area (Å²) in [5, 5.41) is 3.03. The van der Waals surface area contributed by atoms with E-state index in [4.69, 9.17) is 4.74 Å². The average Bonchev–Trinajstić information content (AvgIpc) is 2.05. The van der Waals surface area contributed by atoms with Gasteiger partial charge in [0, 0.05) is 6.54 Å². The van der Waals surface area contributed by atoms with E-state index < -0.39 is 0 Å². The number of halogens is 1. The summed E-state index contributed by atoms with van der Waals surface area (Å²) in [6.45, 7) is 3.67. The van der Waals surface area contributed by atoms with Crippen molar-refractivity contribution in [2.24, 2.45) is 0 Å². The zero-order chi connectivity index (χ0) is 8.81. The first-order chi connectivity index (χ1) is 5.83. The van der Waals surface area contributed by atoms with Crippen LogP contribution in [-0.2, 0) is 0 Å². The second-order valence-corrected chi connectivity index (χ2v) is 2.77. The zero-order valence-corrected chi connectivity index (χ0v) is 8.86. The van der Waals surface area contributed by atoms with Crippen LogP contribution in [0.2, 0.25) is 0 Å². The maximum atomic E-state index is 5.46. The standard InChI is InChI=1S/C10H15NO.ClH/c1-9-4-3-5-10(8-9)12-7-6-11-2;/h3-5,8,11H,6-7H2,1-2H3;1H. The molecule has 0 unspecified atom stereocenters. The van der Waals surface area contributed by atoms with Crippen molar-refractivity contribution in [1.82, 2.24) is 5.32 Å². The van der Waals surface area contributed by atoms with Crippen LogP contribution in [0.5, 0.6) is 5.75 Å². The fourth-order valence-electron chi connectivity index (χ4n) is 0.976. The Balaban J connectivity index is 0.00000144. The van der Waals surface area contributed by atoms with Gasteiger partial charge in [-0.15, -0.1) is 12.4 Å². The summed E-state index contributed by atoms with van der Waals surface area (Å²) in [5.74, 6) is 0.949. The largest absolute Gasteiger partial charge is 0.492 e. The average molecular weight is 202 g/mol. The highest BCUT2D eigenvalue weighted by Gasteiger charge is 1.91. The van der Waals surface area contributed by atoms with Gasteiger partial charge in [-0.3, -0.25) is 0 Å². The fraction of sp³-hybridized carbons (Fsp3) is 0.400. The van der Waals surface area contributed by atoms with E-state index in [1.54, 1.807) is 0 Å². The minimum atomic E-state index is 0. The number of rotatable bonds is 4. The summed E-state index contributed by atoms with van der Waals surface area (Å²) < 4.78 is 5.46. The molecule has 0 radical (unpaired) electrons. The first kappa shape index (κ1) is 12.3. The van der Waals surface area contributed by atoms with E-state index in [1.807, 2.05) is 25.2 Å². The maximum Gasteiger partial charge on any atom is 0.119 e. The van der Waals surface area contributed by atoms with Gasteiger partial charge in [-0.1, -0.05) is 12.1 Å². The Kier molecular flexibility index (Phi) is 6.37. The third-order valence-electron chi connectivity index (χ3n) is 1.61. The van der Waals surface area contributed by atoms with Crippen molar-refractivity contribution in [2.45, 2.75) is 6.92 Å². The first-order valence-electron chi connectivity index (χ1n) is 4.17. The van der Waals surface area contributed by atoms with E-state index in [0.29, 0.717) is 0 Å². The van der Waals surface area contributed by atoms with Crippen LogP contribution in [0.25, 0.3) is 0 Å². The summed E-state index contributed by atoms with van der Waals surface area (Å²) in [4.78, 5) is 0. The molecule has 3 heteroatoms. The molecule has 13 heavy (non-hydrogen) atoms. The molecule has 2 nitrogen and oxygen atoms in total. The summed E-state index contributed by atoms with van der Waals surface area (Å²) >= 11 is 0. The third kappa shape index (κ3) is 4.76. The Morgan fingerprint density at radius 2 is 2.15 bits per heavy atom. The summed E-state index contributed by atoms with van der Waals surface area (Å²) in [5.41, 5.74) is 1.23. The maximum absolute atomic E-state index is 5.46. The van der Waals surface area contributed by atoms with Gasteiger partial charge < -0.3 is 10.1 Å². The van der Waals surface area contributed by atoms with Gasteiger partial charge in [0.25, 0.3) is 0 Å². The van der Waals surface area contributed by atoms with Gasteiger partial charge in [-0.2, -0.15) is 0 Å². The molecular formula is C10H16ClNO. The number of aryl methyl sites for hydroxylation is 1. The third-order valence-corrected chi connectivity index (χ3v) is 1.61. The van der Waals surface area contributed by atoms with Crippen molar-refractivity contribution in [3.63, 3.8) is 0 Å². The highest BCUT2D eigenvalue weighted by atomic mass is 35.5. The minimum Gasteiger partial charge on any atom is -0.492 e. The molecular weight excluding hydrogens is 186 g/mol. The topological polar surface area (TPSA) is 21.3 Å². The summed E-state index contributed by atoms with van der Waals surface area (Å²) in [6.07, 6.45) is 0. The molecule has 0 aliphatic heterocycles. The molecule has 0 saturated heterocycles. The predicted octanol–water partition coefficient (Wildman–Crippen LogP) is 2.02. The van der Waals surface area contributed by atoms with Gasteiger partial charge in [0.05, 0.1) is 0 Å². The molecule has 0 amide bonds. The Bertz CT molecular complexity index is 240. The Morgan fingerprint density at radius 1 is 1.38 bits per heavy atom. The van der Waals surface area contributed by atoms with Crippen molar-refractivity contribution < 1.29 is 4.74 Å². The molecule has 1 aromatic carbocycles. The lowest BCUT2D eigenvalue weighted by atomic mass is 10.2. The lowest BCUT2D eigenvalue weighted by molar-refractivity contribution is 0.318. The van der Waals surface area contributed by atoms with Gasteiger partial charge in [-0.05, 0) is 31.7 Å². The van der Waals surface area contributed by atoms with E-state index in [1.165, 1.54) is 5.56 Å². The number of likely N-dealkylation sites (N-methyl/N-ethyl adjacent to an activating group) is 1. The van der Waals surface area contributed by atoms with Gasteiger partial charge in [0.1, 0.15) is 12.4 Å². The normalized spacial score (nSPS) is 9.08. The van der Waals surface area contributed by atoms with E-state index in [0.717, 1.165) is 18.9 Å². The van der Waals surface area contributed by atoms with E-state index >= 15 is 0 Å². The van der Waals surface area contributed by atoms with E-state index in [2.05, 4.69) is 18.3 Å². The molecule has 0 saturated carbocycles. The molecule has 0 spiro atoms. The van der Waals surface area contributed by atoms with Crippen LogP contribution in [0, 0.1) is 6.92 Å². The van der Waals surface area contributed by atoms with Crippen LogP contribution in [0.1, 0.15) is 5.56 Å². The van der Waals surface area contributed by atoms with Crippen molar-refractivity contribution in [3.05, 3.63) is 29.8 Å². The van der Waals surface area contributed by atoms with Crippen LogP contribution in [-0.4, -0.2) is 20.2 Å². The van der Waals surface area contributed by atoms with Crippen molar-refractivity contribution >= 4 is 12.4 Å². The van der Waals surface area contributed by atoms with Crippen LogP contribution in [0.3, 0.4) is 0 Å². The molecule has 0 aliphatic rings. The second-order valence-electron chi connectivity index (χ2n) is 2.77. The van der Waals surface area contributed by atoms with E-state index in [-0.39, 0.29) is 12.4 Å². The predicted molar refractivity (Wildman–Crippen MR) is 57.8 cm³/mol. The number of benzene rings is 1. The Morgan fingerprint density at radius 3 is 2.77 bits per heavy atom. The number of hydrogen-bond acceptors (Lipinski definition) is 2. The fourth-order valence-corrected chi connectivity index (χ4v) is 0.976. The molecule has 0 fully saturated rings. The molecule has 1 N–H and O–H groups in total. The SMILES string of the molecule is CNCCOc1cccc(C)c1.Cl. The highest BCUT2D eigenvalue weighted by Crippen LogP contribution is 2.11. The zero-order valence-electron chi connectivity index (χ0n) is 8.04. The Labute approximate surface area is 85.7 Å². The molecule has 1 aromatic rings. The van der Waals surface area contributed by atoms with Crippen molar-refractivity contribution in [1.29, 1.82) is 0 Å². The van der Waals surface area contributed by atoms with Crippen LogP contribution in [0.15, 0.2) is 24.3 Å². The molecule has 0 heterocycles. The molecule has 1 rings (SSSR count). The Hall–Kier alpha value is -0.730. The molecule has 0 aromatic heterocycles. The minimum absolute atomic E-state index is 0. The van der Waals surface area contributed by atoms with Crippen molar-refractivity contribution in [3.8, 4) is 5.75 Å². The lowest BCUT2D eigenvalue weighted by Crippen LogP contribution is -2.15. The number of nitrogens with one attached hydrogen (secondary N) is 1. The number of ether oxygens (including phenoxy) is 1.